The third kappa shape index (κ3) is 6.23. The third-order valence-electron chi connectivity index (χ3n) is 4.45. The molecule has 3 rings (SSSR count). The molecule has 1 aliphatic rings. The molecule has 1 N–H and O–H groups in total. The summed E-state index contributed by atoms with van der Waals surface area (Å²) in [6.45, 7) is 4.76. The molecule has 0 amide bonds. The number of aromatic nitrogens is 2. The van der Waals surface area contributed by atoms with E-state index in [-0.39, 0.29) is 11.6 Å². The number of piperazine rings is 1. The largest absolute Gasteiger partial charge is 0.338 e. The van der Waals surface area contributed by atoms with E-state index in [9.17, 15) is 12.8 Å². The lowest BCUT2D eigenvalue weighted by Gasteiger charge is -2.34. The summed E-state index contributed by atoms with van der Waals surface area (Å²) >= 11 is 0. The second-order valence-electron chi connectivity index (χ2n) is 6.51. The van der Waals surface area contributed by atoms with Crippen molar-refractivity contribution >= 4 is 16.0 Å². The van der Waals surface area contributed by atoms with Crippen LogP contribution in [-0.2, 0) is 15.8 Å². The molecule has 1 aromatic heterocycles. The number of sulfonamides is 1. The maximum atomic E-state index is 12.9. The molecule has 0 atom stereocenters. The van der Waals surface area contributed by atoms with Crippen molar-refractivity contribution in [2.75, 3.05) is 44.2 Å². The Morgan fingerprint density at radius 3 is 2.37 bits per heavy atom. The Morgan fingerprint density at radius 1 is 1.04 bits per heavy atom. The van der Waals surface area contributed by atoms with Crippen molar-refractivity contribution in [1.29, 1.82) is 0 Å². The van der Waals surface area contributed by atoms with Gasteiger partial charge in [0.05, 0.1) is 5.75 Å². The molecule has 0 bridgehead atoms. The molecule has 27 heavy (non-hydrogen) atoms. The summed E-state index contributed by atoms with van der Waals surface area (Å²) in [5.41, 5.74) is 0.572. The van der Waals surface area contributed by atoms with Gasteiger partial charge < -0.3 is 4.90 Å². The summed E-state index contributed by atoms with van der Waals surface area (Å²) < 4.78 is 39.7. The minimum atomic E-state index is -3.41. The van der Waals surface area contributed by atoms with Gasteiger partial charge in [-0.3, -0.25) is 4.90 Å². The third-order valence-corrected chi connectivity index (χ3v) is 5.81. The zero-order valence-corrected chi connectivity index (χ0v) is 15.9. The van der Waals surface area contributed by atoms with Gasteiger partial charge in [0.1, 0.15) is 5.82 Å². The van der Waals surface area contributed by atoms with Gasteiger partial charge in [0, 0.05) is 45.1 Å². The van der Waals surface area contributed by atoms with Crippen LogP contribution in [0.5, 0.6) is 0 Å². The minimum Gasteiger partial charge on any atom is -0.338 e. The highest BCUT2D eigenvalue weighted by Crippen LogP contribution is 2.10. The van der Waals surface area contributed by atoms with Crippen molar-refractivity contribution in [2.45, 2.75) is 12.2 Å². The molecule has 0 radical (unpaired) electrons. The summed E-state index contributed by atoms with van der Waals surface area (Å²) in [6.07, 6.45) is 4.23. The lowest BCUT2D eigenvalue weighted by atomic mass is 10.2. The molecule has 1 aliphatic heterocycles. The first-order valence-electron chi connectivity index (χ1n) is 8.98. The van der Waals surface area contributed by atoms with Gasteiger partial charge in [0.2, 0.25) is 16.0 Å². The molecule has 2 aromatic rings. The van der Waals surface area contributed by atoms with Gasteiger partial charge >= 0.3 is 0 Å². The first kappa shape index (κ1) is 19.7. The van der Waals surface area contributed by atoms with E-state index in [0.29, 0.717) is 12.1 Å². The predicted octanol–water partition coefficient (Wildman–Crippen LogP) is 1.25. The van der Waals surface area contributed by atoms with Crippen LogP contribution in [0.4, 0.5) is 10.3 Å². The van der Waals surface area contributed by atoms with E-state index in [2.05, 4.69) is 24.5 Å². The minimum absolute atomic E-state index is 0.136. The lowest BCUT2D eigenvalue weighted by molar-refractivity contribution is 0.254. The van der Waals surface area contributed by atoms with E-state index >= 15 is 0 Å². The molecule has 9 heteroatoms. The van der Waals surface area contributed by atoms with Gasteiger partial charge in [-0.25, -0.2) is 27.5 Å². The highest BCUT2D eigenvalue weighted by Gasteiger charge is 2.18. The first-order chi connectivity index (χ1) is 13.0. The van der Waals surface area contributed by atoms with Crippen molar-refractivity contribution < 1.29 is 12.8 Å². The lowest BCUT2D eigenvalue weighted by Crippen LogP contribution is -2.47. The monoisotopic (exact) mass is 393 g/mol. The number of benzene rings is 1. The quantitative estimate of drug-likeness (QED) is 0.680. The fourth-order valence-corrected chi connectivity index (χ4v) is 4.20. The number of nitrogens with zero attached hydrogens (tertiary/aromatic N) is 4. The highest BCUT2D eigenvalue weighted by molar-refractivity contribution is 7.88. The fraction of sp³-hybridized carbons (Fsp3) is 0.444. The smallest absolute Gasteiger partial charge is 0.225 e. The average Bonchev–Trinajstić information content (AvgIpc) is 2.68. The molecular weight excluding hydrogens is 369 g/mol. The van der Waals surface area contributed by atoms with Gasteiger partial charge in [-0.15, -0.1) is 0 Å². The van der Waals surface area contributed by atoms with Crippen LogP contribution in [0, 0.1) is 5.82 Å². The topological polar surface area (TPSA) is 78.4 Å². The Kier molecular flexibility index (Phi) is 6.70. The summed E-state index contributed by atoms with van der Waals surface area (Å²) in [5.74, 6) is 0.247. The molecule has 0 saturated carbocycles. The zero-order valence-electron chi connectivity index (χ0n) is 15.1. The SMILES string of the molecule is O=S(=O)(Cc1ccc(F)cc1)NCCCN1CCN(c2ncccn2)CC1. The number of halogens is 1. The molecule has 7 nitrogen and oxygen atoms in total. The zero-order chi connectivity index (χ0) is 19.1. The Balaban J connectivity index is 1.35. The molecule has 0 spiro atoms. The number of nitrogens with one attached hydrogen (secondary N) is 1. The van der Waals surface area contributed by atoms with Crippen LogP contribution < -0.4 is 9.62 Å². The van der Waals surface area contributed by atoms with E-state index in [1.54, 1.807) is 18.5 Å². The van der Waals surface area contributed by atoms with E-state index < -0.39 is 10.0 Å². The van der Waals surface area contributed by atoms with Crippen LogP contribution >= 0.6 is 0 Å². The highest BCUT2D eigenvalue weighted by atomic mass is 32.2. The van der Waals surface area contributed by atoms with Gasteiger partial charge in [-0.05, 0) is 36.7 Å². The number of rotatable bonds is 8. The molecule has 2 heterocycles. The Hall–Kier alpha value is -2.10. The molecule has 0 aliphatic carbocycles. The molecule has 0 unspecified atom stereocenters. The number of hydrogen-bond donors (Lipinski definition) is 1. The Morgan fingerprint density at radius 2 is 1.70 bits per heavy atom. The summed E-state index contributed by atoms with van der Waals surface area (Å²) in [4.78, 5) is 13.0. The average molecular weight is 393 g/mol. The maximum absolute atomic E-state index is 12.9. The predicted molar refractivity (Wildman–Crippen MR) is 102 cm³/mol. The van der Waals surface area contributed by atoms with Crippen molar-refractivity contribution in [3.8, 4) is 0 Å². The second kappa shape index (κ2) is 9.20. The molecule has 1 fully saturated rings. The molecule has 146 valence electrons. The fourth-order valence-electron chi connectivity index (χ4n) is 3.01. The van der Waals surface area contributed by atoms with Crippen molar-refractivity contribution in [3.05, 3.63) is 54.1 Å². The standard InChI is InChI=1S/C18H24FN5O2S/c19-17-5-3-16(4-6-17)15-27(25,26)22-9-2-10-23-11-13-24(14-12-23)18-20-7-1-8-21-18/h1,3-8,22H,2,9-15H2. The summed E-state index contributed by atoms with van der Waals surface area (Å²) in [7, 11) is -3.41. The van der Waals surface area contributed by atoms with Gasteiger partial charge in [-0.1, -0.05) is 12.1 Å². The maximum Gasteiger partial charge on any atom is 0.225 e. The first-order valence-corrected chi connectivity index (χ1v) is 10.6. The van der Waals surface area contributed by atoms with Gasteiger partial charge in [0.25, 0.3) is 0 Å². The van der Waals surface area contributed by atoms with Crippen molar-refractivity contribution in [1.82, 2.24) is 19.6 Å². The van der Waals surface area contributed by atoms with Crippen LogP contribution in [0.25, 0.3) is 0 Å². The van der Waals surface area contributed by atoms with Crippen LogP contribution in [0.15, 0.2) is 42.7 Å². The van der Waals surface area contributed by atoms with E-state index in [1.165, 1.54) is 24.3 Å². The molecule has 1 aromatic carbocycles. The second-order valence-corrected chi connectivity index (χ2v) is 8.32. The Labute approximate surface area is 159 Å². The summed E-state index contributed by atoms with van der Waals surface area (Å²) in [6, 6.07) is 7.32. The summed E-state index contributed by atoms with van der Waals surface area (Å²) in [5, 5.41) is 0. The molecular formula is C18H24FN5O2S. The number of anilines is 1. The van der Waals surface area contributed by atoms with Crippen LogP contribution in [0.3, 0.4) is 0 Å². The number of hydrogen-bond acceptors (Lipinski definition) is 6. The van der Waals surface area contributed by atoms with Gasteiger partial charge in [-0.2, -0.15) is 0 Å². The van der Waals surface area contributed by atoms with E-state index in [1.807, 2.05) is 0 Å². The van der Waals surface area contributed by atoms with Gasteiger partial charge in [0.15, 0.2) is 0 Å². The van der Waals surface area contributed by atoms with E-state index in [4.69, 9.17) is 0 Å². The van der Waals surface area contributed by atoms with E-state index in [0.717, 1.165) is 45.1 Å². The Bertz CT molecular complexity index is 809. The normalized spacial score (nSPS) is 15.8. The van der Waals surface area contributed by atoms with Crippen LogP contribution in [0.1, 0.15) is 12.0 Å². The van der Waals surface area contributed by atoms with Crippen molar-refractivity contribution in [2.24, 2.45) is 0 Å². The van der Waals surface area contributed by atoms with Crippen LogP contribution in [0.2, 0.25) is 0 Å². The van der Waals surface area contributed by atoms with Crippen LogP contribution in [-0.4, -0.2) is 62.6 Å². The van der Waals surface area contributed by atoms with Crippen molar-refractivity contribution in [3.63, 3.8) is 0 Å². The molecule has 1 saturated heterocycles.